The highest BCUT2D eigenvalue weighted by molar-refractivity contribution is 5.79. The van der Waals surface area contributed by atoms with Crippen molar-refractivity contribution in [1.82, 2.24) is 0 Å². The van der Waals surface area contributed by atoms with Gasteiger partial charge in [-0.15, -0.1) is 0 Å². The van der Waals surface area contributed by atoms with Crippen molar-refractivity contribution >= 4 is 17.6 Å². The Labute approximate surface area is 136 Å². The number of carboxylic acid groups (broad SMARTS) is 1. The van der Waals surface area contributed by atoms with Crippen molar-refractivity contribution in [3.8, 4) is 5.75 Å². The first-order valence-corrected chi connectivity index (χ1v) is 7.48. The number of carbonyl (C=O) groups excluding carboxylic acids is 1. The van der Waals surface area contributed by atoms with Gasteiger partial charge in [0, 0.05) is 18.3 Å². The minimum Gasteiger partial charge on any atom is -0.481 e. The number of ether oxygens (including phenoxy) is 2. The highest BCUT2D eigenvalue weighted by Gasteiger charge is 2.34. The maximum atomic E-state index is 12.2. The third kappa shape index (κ3) is 7.04. The van der Waals surface area contributed by atoms with E-state index < -0.39 is 23.1 Å². The van der Waals surface area contributed by atoms with Crippen molar-refractivity contribution in [2.45, 2.75) is 52.2 Å². The van der Waals surface area contributed by atoms with Crippen LogP contribution in [0.15, 0.2) is 24.3 Å². The number of benzene rings is 1. The quantitative estimate of drug-likeness (QED) is 0.750. The maximum absolute atomic E-state index is 12.2. The summed E-state index contributed by atoms with van der Waals surface area (Å²) in [5.74, 6) is -0.814. The van der Waals surface area contributed by atoms with Crippen LogP contribution in [0.4, 0.5) is 5.69 Å². The molecule has 0 bridgehead atoms. The van der Waals surface area contributed by atoms with Gasteiger partial charge < -0.3 is 19.9 Å². The van der Waals surface area contributed by atoms with E-state index in [0.717, 1.165) is 5.69 Å². The lowest BCUT2D eigenvalue weighted by Gasteiger charge is -2.29. The first kappa shape index (κ1) is 18.8. The monoisotopic (exact) mass is 323 g/mol. The topological polar surface area (TPSA) is 84.9 Å². The summed E-state index contributed by atoms with van der Waals surface area (Å²) in [5, 5.41) is 11.6. The minimum atomic E-state index is -1.13. The van der Waals surface area contributed by atoms with Gasteiger partial charge >= 0.3 is 11.9 Å². The highest BCUT2D eigenvalue weighted by atomic mass is 16.6. The number of carbonyl (C=O) groups is 2. The predicted molar refractivity (Wildman–Crippen MR) is 87.7 cm³/mol. The van der Waals surface area contributed by atoms with Crippen LogP contribution >= 0.6 is 0 Å². The Balaban J connectivity index is 2.72. The molecule has 128 valence electrons. The van der Waals surface area contributed by atoms with E-state index in [0.29, 0.717) is 12.3 Å². The van der Waals surface area contributed by atoms with Gasteiger partial charge in [-0.3, -0.25) is 4.79 Å². The van der Waals surface area contributed by atoms with Gasteiger partial charge in [0.2, 0.25) is 0 Å². The van der Waals surface area contributed by atoms with E-state index in [1.807, 2.05) is 0 Å². The summed E-state index contributed by atoms with van der Waals surface area (Å²) in [6, 6.07) is 7.02. The molecule has 6 heteroatoms. The number of carboxylic acids is 1. The molecule has 23 heavy (non-hydrogen) atoms. The van der Waals surface area contributed by atoms with Crippen LogP contribution in [0, 0.1) is 0 Å². The summed E-state index contributed by atoms with van der Waals surface area (Å²) in [7, 11) is 0. The van der Waals surface area contributed by atoms with Crippen molar-refractivity contribution in [2.75, 3.05) is 11.9 Å². The fraction of sp³-hybridized carbons (Fsp3) is 0.529. The lowest BCUT2D eigenvalue weighted by atomic mass is 10.1. The van der Waals surface area contributed by atoms with Crippen molar-refractivity contribution in [3.05, 3.63) is 24.3 Å². The molecule has 0 unspecified atom stereocenters. The number of nitrogens with one attached hydrogen (secondary N) is 1. The number of esters is 1. The fourth-order valence-electron chi connectivity index (χ4n) is 1.72. The Hall–Kier alpha value is -2.24. The third-order valence-electron chi connectivity index (χ3n) is 2.77. The van der Waals surface area contributed by atoms with Crippen LogP contribution in [0.5, 0.6) is 5.75 Å². The lowest BCUT2D eigenvalue weighted by Crippen LogP contribution is -2.43. The fourth-order valence-corrected chi connectivity index (χ4v) is 1.72. The van der Waals surface area contributed by atoms with Gasteiger partial charge in [-0.05, 0) is 46.8 Å². The zero-order valence-electron chi connectivity index (χ0n) is 14.3. The number of aliphatic carboxylic acids is 1. The summed E-state index contributed by atoms with van der Waals surface area (Å²) in [5.41, 5.74) is -0.992. The van der Waals surface area contributed by atoms with Gasteiger partial charge in [0.05, 0.1) is 6.42 Å². The molecule has 0 aliphatic carbocycles. The SMILES string of the molecule is CC(C)(C)OC(=O)C(C)(C)Oc1cccc(NCCC(=O)O)c1. The van der Waals surface area contributed by atoms with Crippen molar-refractivity contribution in [3.63, 3.8) is 0 Å². The van der Waals surface area contributed by atoms with E-state index in [1.165, 1.54) is 0 Å². The number of rotatable bonds is 7. The largest absolute Gasteiger partial charge is 0.481 e. The van der Waals surface area contributed by atoms with E-state index in [-0.39, 0.29) is 6.42 Å². The van der Waals surface area contributed by atoms with E-state index in [9.17, 15) is 9.59 Å². The molecule has 2 N–H and O–H groups in total. The van der Waals surface area contributed by atoms with Gasteiger partial charge in [0.15, 0.2) is 5.60 Å². The molecule has 0 radical (unpaired) electrons. The Morgan fingerprint density at radius 2 is 1.83 bits per heavy atom. The van der Waals surface area contributed by atoms with Gasteiger partial charge in [-0.25, -0.2) is 4.79 Å². The number of hydrogen-bond acceptors (Lipinski definition) is 5. The molecule has 1 aromatic rings. The molecule has 1 aromatic carbocycles. The van der Waals surface area contributed by atoms with Crippen LogP contribution in [0.25, 0.3) is 0 Å². The Kier molecular flexibility index (Phi) is 6.01. The number of hydrogen-bond donors (Lipinski definition) is 2. The molecule has 0 aliphatic rings. The summed E-state index contributed by atoms with van der Waals surface area (Å²) >= 11 is 0. The van der Waals surface area contributed by atoms with Gasteiger partial charge in [-0.1, -0.05) is 6.07 Å². The molecule has 0 atom stereocenters. The van der Waals surface area contributed by atoms with Gasteiger partial charge in [-0.2, -0.15) is 0 Å². The smallest absolute Gasteiger partial charge is 0.350 e. The zero-order valence-corrected chi connectivity index (χ0v) is 14.3. The lowest BCUT2D eigenvalue weighted by molar-refractivity contribution is -0.170. The molecular weight excluding hydrogens is 298 g/mol. The number of anilines is 1. The van der Waals surface area contributed by atoms with Crippen LogP contribution in [0.3, 0.4) is 0 Å². The van der Waals surface area contributed by atoms with E-state index in [4.69, 9.17) is 14.6 Å². The molecule has 0 spiro atoms. The van der Waals surface area contributed by atoms with Crippen LogP contribution in [-0.4, -0.2) is 34.8 Å². The summed E-state index contributed by atoms with van der Waals surface area (Å²) in [6.07, 6.45) is 0.0223. The van der Waals surface area contributed by atoms with Crippen LogP contribution < -0.4 is 10.1 Å². The Bertz CT molecular complexity index is 560. The normalized spacial score (nSPS) is 11.7. The summed E-state index contributed by atoms with van der Waals surface area (Å²) < 4.78 is 11.1. The molecule has 6 nitrogen and oxygen atoms in total. The Morgan fingerprint density at radius 1 is 1.17 bits per heavy atom. The van der Waals surface area contributed by atoms with E-state index in [2.05, 4.69) is 5.32 Å². The molecule has 0 aromatic heterocycles. The average molecular weight is 323 g/mol. The van der Waals surface area contributed by atoms with E-state index >= 15 is 0 Å². The predicted octanol–water partition coefficient (Wildman–Crippen LogP) is 3.07. The summed E-state index contributed by atoms with van der Waals surface area (Å²) in [6.45, 7) is 9.00. The van der Waals surface area contributed by atoms with E-state index in [1.54, 1.807) is 58.9 Å². The van der Waals surface area contributed by atoms with Gasteiger partial charge in [0.25, 0.3) is 0 Å². The van der Waals surface area contributed by atoms with Crippen molar-refractivity contribution in [1.29, 1.82) is 0 Å². The molecule has 1 rings (SSSR count). The second-order valence-corrected chi connectivity index (χ2v) is 6.71. The minimum absolute atomic E-state index is 0.0223. The van der Waals surface area contributed by atoms with Crippen LogP contribution in [-0.2, 0) is 14.3 Å². The summed E-state index contributed by atoms with van der Waals surface area (Å²) in [4.78, 5) is 22.7. The van der Waals surface area contributed by atoms with Crippen molar-refractivity contribution < 1.29 is 24.2 Å². The molecule has 0 aliphatic heterocycles. The molecule has 0 amide bonds. The standard InChI is InChI=1S/C17H25NO5/c1-16(2,3)23-15(21)17(4,5)22-13-8-6-7-12(11-13)18-10-9-14(19)20/h6-8,11,18H,9-10H2,1-5H3,(H,19,20). The molecule has 0 saturated heterocycles. The Morgan fingerprint density at radius 3 is 2.39 bits per heavy atom. The molecular formula is C17H25NO5. The van der Waals surface area contributed by atoms with Crippen molar-refractivity contribution in [2.24, 2.45) is 0 Å². The van der Waals surface area contributed by atoms with Gasteiger partial charge in [0.1, 0.15) is 11.4 Å². The highest BCUT2D eigenvalue weighted by Crippen LogP contribution is 2.24. The average Bonchev–Trinajstić information content (AvgIpc) is 2.36. The second-order valence-electron chi connectivity index (χ2n) is 6.71. The third-order valence-corrected chi connectivity index (χ3v) is 2.77. The maximum Gasteiger partial charge on any atom is 0.350 e. The van der Waals surface area contributed by atoms with Crippen LogP contribution in [0.1, 0.15) is 41.0 Å². The second kappa shape index (κ2) is 7.35. The first-order chi connectivity index (χ1) is 10.5. The van der Waals surface area contributed by atoms with Crippen LogP contribution in [0.2, 0.25) is 0 Å². The first-order valence-electron chi connectivity index (χ1n) is 7.48. The molecule has 0 heterocycles. The molecule has 0 saturated carbocycles. The zero-order chi connectivity index (χ0) is 17.7. The molecule has 0 fully saturated rings.